The number of hydrogen-bond acceptors (Lipinski definition) is 2. The van der Waals surface area contributed by atoms with Gasteiger partial charge in [0.2, 0.25) is 0 Å². The predicted octanol–water partition coefficient (Wildman–Crippen LogP) is 8.84. The first-order valence-corrected chi connectivity index (χ1v) is 14.6. The molecule has 0 saturated carbocycles. The molecule has 0 fully saturated rings. The van der Waals surface area contributed by atoms with Crippen LogP contribution in [0.4, 0.5) is 0 Å². The Labute approximate surface area is 253 Å². The largest absolute Gasteiger partial charge is 0.489 e. The zero-order chi connectivity index (χ0) is 26.9. The summed E-state index contributed by atoms with van der Waals surface area (Å²) in [5.41, 5.74) is 3.07. The van der Waals surface area contributed by atoms with Crippen LogP contribution < -0.4 is 5.46 Å². The number of benzene rings is 6. The molecule has 6 rings (SSSR count). The van der Waals surface area contributed by atoms with Gasteiger partial charge >= 0.3 is 7.12 Å². The molecule has 0 radical (unpaired) electrons. The summed E-state index contributed by atoms with van der Waals surface area (Å²) in [6.07, 6.45) is 0. The van der Waals surface area contributed by atoms with E-state index in [-0.39, 0.29) is 0 Å². The van der Waals surface area contributed by atoms with Crippen molar-refractivity contribution in [2.75, 3.05) is 0 Å². The molecule has 0 aromatic heterocycles. The van der Waals surface area contributed by atoms with Gasteiger partial charge in [0, 0.05) is 12.5 Å². The van der Waals surface area contributed by atoms with E-state index in [1.165, 1.54) is 29.9 Å². The van der Waals surface area contributed by atoms with E-state index in [0.717, 1.165) is 15.2 Å². The fourth-order valence-corrected chi connectivity index (χ4v) is 5.23. The maximum Gasteiger partial charge on any atom is 0.489 e. The van der Waals surface area contributed by atoms with Gasteiger partial charge in [0.25, 0.3) is 0 Å². The third-order valence-corrected chi connectivity index (χ3v) is 8.94. The SMILES string of the molecule is Brc1ccccc1-c1cccc2ccccc12.Brc1ccccc1I.OB(O)c1cccc2ccccc12. The maximum absolute atomic E-state index is 9.08. The predicted molar refractivity (Wildman–Crippen MR) is 178 cm³/mol. The fraction of sp³-hybridized carbons (Fsp3) is 0. The quantitative estimate of drug-likeness (QED) is 0.138. The summed E-state index contributed by atoms with van der Waals surface area (Å²) in [6, 6.07) is 44.5. The van der Waals surface area contributed by atoms with Crippen LogP contribution in [-0.4, -0.2) is 17.2 Å². The first kappa shape index (κ1) is 28.5. The van der Waals surface area contributed by atoms with E-state index in [9.17, 15) is 0 Å². The van der Waals surface area contributed by atoms with E-state index in [2.05, 4.69) is 121 Å². The van der Waals surface area contributed by atoms with Gasteiger partial charge in [-0.05, 0) is 94.9 Å². The van der Waals surface area contributed by atoms with Crippen molar-refractivity contribution in [3.05, 3.63) is 146 Å². The Kier molecular flexibility index (Phi) is 10.6. The lowest BCUT2D eigenvalue weighted by Gasteiger charge is -2.08. The summed E-state index contributed by atoms with van der Waals surface area (Å²) < 4.78 is 3.56. The molecule has 0 aliphatic rings. The van der Waals surface area contributed by atoms with Crippen LogP contribution in [-0.2, 0) is 0 Å². The summed E-state index contributed by atoms with van der Waals surface area (Å²) in [6.45, 7) is 0. The summed E-state index contributed by atoms with van der Waals surface area (Å²) in [5, 5.41) is 22.6. The van der Waals surface area contributed by atoms with Crippen molar-refractivity contribution in [3.63, 3.8) is 0 Å². The van der Waals surface area contributed by atoms with Gasteiger partial charge in [-0.3, -0.25) is 0 Å². The molecule has 0 bridgehead atoms. The second-order valence-electron chi connectivity index (χ2n) is 8.36. The van der Waals surface area contributed by atoms with E-state index >= 15 is 0 Å². The molecular formula is C32H24BBr2IO2. The molecule has 0 atom stereocenters. The minimum atomic E-state index is -1.40. The molecular weight excluding hydrogens is 714 g/mol. The fourth-order valence-electron chi connectivity index (χ4n) is 4.05. The molecule has 6 heteroatoms. The topological polar surface area (TPSA) is 40.5 Å². The van der Waals surface area contributed by atoms with Crippen molar-refractivity contribution in [3.8, 4) is 11.1 Å². The summed E-state index contributed by atoms with van der Waals surface area (Å²) in [4.78, 5) is 0. The van der Waals surface area contributed by atoms with E-state index in [4.69, 9.17) is 10.0 Å². The molecule has 0 aliphatic heterocycles. The van der Waals surface area contributed by atoms with E-state index in [0.29, 0.717) is 5.46 Å². The lowest BCUT2D eigenvalue weighted by molar-refractivity contribution is 0.426. The highest BCUT2D eigenvalue weighted by Crippen LogP contribution is 2.33. The lowest BCUT2D eigenvalue weighted by Crippen LogP contribution is -2.30. The molecule has 2 nitrogen and oxygen atoms in total. The van der Waals surface area contributed by atoms with Crippen LogP contribution >= 0.6 is 54.5 Å². The molecule has 0 unspecified atom stereocenters. The van der Waals surface area contributed by atoms with Crippen LogP contribution in [0.15, 0.2) is 142 Å². The molecule has 6 aromatic rings. The van der Waals surface area contributed by atoms with Gasteiger partial charge in [-0.2, -0.15) is 0 Å². The Morgan fingerprint density at radius 2 is 0.947 bits per heavy atom. The third kappa shape index (κ3) is 7.33. The lowest BCUT2D eigenvalue weighted by atomic mass is 9.77. The zero-order valence-electron chi connectivity index (χ0n) is 20.3. The van der Waals surface area contributed by atoms with Crippen LogP contribution in [0.3, 0.4) is 0 Å². The highest BCUT2D eigenvalue weighted by molar-refractivity contribution is 14.1. The monoisotopic (exact) mass is 736 g/mol. The highest BCUT2D eigenvalue weighted by Gasteiger charge is 2.13. The van der Waals surface area contributed by atoms with Gasteiger partial charge in [0.05, 0.1) is 0 Å². The summed E-state index contributed by atoms with van der Waals surface area (Å²) in [5.74, 6) is 0. The average Bonchev–Trinajstić information content (AvgIpc) is 2.95. The van der Waals surface area contributed by atoms with Crippen LogP contribution in [0.5, 0.6) is 0 Å². The van der Waals surface area contributed by atoms with Crippen molar-refractivity contribution in [1.82, 2.24) is 0 Å². The molecule has 0 saturated heterocycles. The second kappa shape index (κ2) is 14.1. The minimum Gasteiger partial charge on any atom is -0.423 e. The Bertz CT molecular complexity index is 1620. The third-order valence-electron chi connectivity index (χ3n) is 5.88. The number of hydrogen-bond donors (Lipinski definition) is 2. The maximum atomic E-state index is 9.08. The molecule has 6 aromatic carbocycles. The van der Waals surface area contributed by atoms with Crippen LogP contribution in [0.25, 0.3) is 32.7 Å². The van der Waals surface area contributed by atoms with Gasteiger partial charge in [0.1, 0.15) is 0 Å². The zero-order valence-corrected chi connectivity index (χ0v) is 25.6. The van der Waals surface area contributed by atoms with Crippen LogP contribution in [0, 0.1) is 3.57 Å². The smallest absolute Gasteiger partial charge is 0.423 e. The Balaban J connectivity index is 0.000000142. The van der Waals surface area contributed by atoms with Crippen molar-refractivity contribution in [2.24, 2.45) is 0 Å². The molecule has 0 heterocycles. The van der Waals surface area contributed by atoms with Crippen LogP contribution in [0.2, 0.25) is 0 Å². The normalized spacial score (nSPS) is 10.2. The van der Waals surface area contributed by atoms with Gasteiger partial charge in [-0.1, -0.05) is 131 Å². The van der Waals surface area contributed by atoms with E-state index < -0.39 is 7.12 Å². The van der Waals surface area contributed by atoms with Crippen molar-refractivity contribution in [1.29, 1.82) is 0 Å². The molecule has 0 aliphatic carbocycles. The molecule has 0 amide bonds. The van der Waals surface area contributed by atoms with Gasteiger partial charge in [0.15, 0.2) is 0 Å². The first-order chi connectivity index (χ1) is 18.5. The molecule has 2 N–H and O–H groups in total. The average molecular weight is 738 g/mol. The Morgan fingerprint density at radius 1 is 0.474 bits per heavy atom. The Hall–Kier alpha value is -2.49. The molecule has 0 spiro atoms. The summed E-state index contributed by atoms with van der Waals surface area (Å²) in [7, 11) is -1.40. The molecule has 38 heavy (non-hydrogen) atoms. The second-order valence-corrected chi connectivity index (χ2v) is 11.2. The van der Waals surface area contributed by atoms with E-state index in [1.807, 2.05) is 60.7 Å². The van der Waals surface area contributed by atoms with Crippen molar-refractivity contribution < 1.29 is 10.0 Å². The number of halogens is 3. The number of rotatable bonds is 2. The minimum absolute atomic E-state index is 0.554. The van der Waals surface area contributed by atoms with Gasteiger partial charge in [-0.15, -0.1) is 0 Å². The van der Waals surface area contributed by atoms with Gasteiger partial charge in [-0.25, -0.2) is 0 Å². The Morgan fingerprint density at radius 3 is 1.55 bits per heavy atom. The number of fused-ring (bicyclic) bond motifs is 2. The first-order valence-electron chi connectivity index (χ1n) is 11.9. The highest BCUT2D eigenvalue weighted by atomic mass is 127. The van der Waals surface area contributed by atoms with Crippen LogP contribution in [0.1, 0.15) is 0 Å². The van der Waals surface area contributed by atoms with Gasteiger partial charge < -0.3 is 10.0 Å². The molecule has 188 valence electrons. The summed E-state index contributed by atoms with van der Waals surface area (Å²) >= 11 is 9.28. The van der Waals surface area contributed by atoms with Crippen molar-refractivity contribution >= 4 is 88.6 Å². The standard InChI is InChI=1S/C16H11Br.C10H9BO2.C6H4BrI/c17-16-11-4-3-9-15(16)14-10-5-7-12-6-1-2-8-13(12)14;12-11(13)10-7-3-5-8-4-1-2-6-9(8)10;7-5-3-1-2-4-6(5)8/h1-11H;1-7,12-13H;1-4H. The van der Waals surface area contributed by atoms with E-state index in [1.54, 1.807) is 6.07 Å². The van der Waals surface area contributed by atoms with Crippen molar-refractivity contribution in [2.45, 2.75) is 0 Å².